The first-order valence-electron chi connectivity index (χ1n) is 6.53. The van der Waals surface area contributed by atoms with Crippen LogP contribution in [0, 0.1) is 5.92 Å². The molecule has 1 N–H and O–H groups in total. The Kier molecular flexibility index (Phi) is 4.41. The molecule has 2 fully saturated rings. The Hall–Kier alpha value is -0.170. The number of rotatable bonds is 4. The summed E-state index contributed by atoms with van der Waals surface area (Å²) in [6, 6.07) is 0. The minimum atomic E-state index is -3.19. The van der Waals surface area contributed by atoms with Gasteiger partial charge >= 0.3 is 0 Å². The lowest BCUT2D eigenvalue weighted by molar-refractivity contribution is 0.297. The Morgan fingerprint density at radius 2 is 1.82 bits per heavy atom. The summed E-state index contributed by atoms with van der Waals surface area (Å²) in [6.45, 7) is 4.09. The second kappa shape index (κ2) is 5.65. The first-order valence-corrected chi connectivity index (χ1v) is 7.92. The quantitative estimate of drug-likeness (QED) is 0.790. The van der Waals surface area contributed by atoms with E-state index in [-0.39, 0.29) is 0 Å². The van der Waals surface area contributed by atoms with Gasteiger partial charge in [0.25, 0.3) is 10.2 Å². The van der Waals surface area contributed by atoms with Crippen LogP contribution in [0.15, 0.2) is 0 Å². The Bertz CT molecular complexity index is 333. The van der Waals surface area contributed by atoms with Gasteiger partial charge in [0.1, 0.15) is 0 Å². The van der Waals surface area contributed by atoms with Crippen molar-refractivity contribution in [3.63, 3.8) is 0 Å². The summed E-state index contributed by atoms with van der Waals surface area (Å²) in [6.07, 6.45) is 4.17. The highest BCUT2D eigenvalue weighted by molar-refractivity contribution is 7.86. The van der Waals surface area contributed by atoms with Crippen LogP contribution in [0.4, 0.5) is 0 Å². The molecule has 2 rings (SSSR count). The molecule has 2 heterocycles. The van der Waals surface area contributed by atoms with Crippen molar-refractivity contribution in [1.82, 2.24) is 13.9 Å². The fraction of sp³-hybridized carbons (Fsp3) is 1.00. The molecule has 0 radical (unpaired) electrons. The molecule has 0 aromatic carbocycles. The van der Waals surface area contributed by atoms with Gasteiger partial charge < -0.3 is 5.32 Å². The number of piperidine rings is 1. The SMILES string of the molecule is CN(CC1CCNCC1)S(=O)(=O)N1CCCC1. The highest BCUT2D eigenvalue weighted by Crippen LogP contribution is 2.19. The lowest BCUT2D eigenvalue weighted by Crippen LogP contribution is -2.43. The van der Waals surface area contributed by atoms with Gasteiger partial charge in [-0.2, -0.15) is 17.0 Å². The molecule has 0 aliphatic carbocycles. The number of nitrogens with one attached hydrogen (secondary N) is 1. The van der Waals surface area contributed by atoms with Crippen LogP contribution in [-0.2, 0) is 10.2 Å². The third kappa shape index (κ3) is 3.19. The zero-order valence-electron chi connectivity index (χ0n) is 10.6. The van der Waals surface area contributed by atoms with E-state index in [0.717, 1.165) is 38.8 Å². The summed E-state index contributed by atoms with van der Waals surface area (Å²) in [7, 11) is -1.47. The molecule has 0 aromatic heterocycles. The highest BCUT2D eigenvalue weighted by Gasteiger charge is 2.30. The minimum absolute atomic E-state index is 0.513. The predicted octanol–water partition coefficient (Wildman–Crippen LogP) is 0.258. The van der Waals surface area contributed by atoms with Crippen molar-refractivity contribution >= 4 is 10.2 Å². The molecule has 0 aromatic rings. The van der Waals surface area contributed by atoms with Gasteiger partial charge in [0.05, 0.1) is 0 Å². The third-order valence-corrected chi connectivity index (χ3v) is 5.71. The van der Waals surface area contributed by atoms with Gasteiger partial charge in [-0.25, -0.2) is 0 Å². The van der Waals surface area contributed by atoms with E-state index in [0.29, 0.717) is 25.6 Å². The third-order valence-electron chi connectivity index (χ3n) is 3.76. The van der Waals surface area contributed by atoms with Crippen LogP contribution in [0.3, 0.4) is 0 Å². The van der Waals surface area contributed by atoms with Crippen molar-refractivity contribution in [1.29, 1.82) is 0 Å². The van der Waals surface area contributed by atoms with Crippen molar-refractivity contribution in [2.24, 2.45) is 5.92 Å². The van der Waals surface area contributed by atoms with E-state index >= 15 is 0 Å². The molecule has 0 bridgehead atoms. The summed E-state index contributed by atoms with van der Waals surface area (Å²) in [5.74, 6) is 0.513. The Morgan fingerprint density at radius 3 is 2.41 bits per heavy atom. The van der Waals surface area contributed by atoms with E-state index in [4.69, 9.17) is 0 Å². The molecular formula is C11H23N3O2S. The van der Waals surface area contributed by atoms with Crippen molar-refractivity contribution in [2.45, 2.75) is 25.7 Å². The summed E-state index contributed by atoms with van der Waals surface area (Å²) in [5, 5.41) is 3.30. The van der Waals surface area contributed by atoms with Gasteiger partial charge in [0.2, 0.25) is 0 Å². The average molecular weight is 261 g/mol. The molecule has 0 spiro atoms. The van der Waals surface area contributed by atoms with Crippen LogP contribution >= 0.6 is 0 Å². The van der Waals surface area contributed by atoms with Gasteiger partial charge in [0.15, 0.2) is 0 Å². The fourth-order valence-corrected chi connectivity index (χ4v) is 4.15. The maximum atomic E-state index is 12.2. The second-order valence-electron chi connectivity index (χ2n) is 5.09. The number of hydrogen-bond acceptors (Lipinski definition) is 3. The molecule has 2 aliphatic rings. The van der Waals surface area contributed by atoms with E-state index in [2.05, 4.69) is 5.32 Å². The first-order chi connectivity index (χ1) is 8.10. The lowest BCUT2D eigenvalue weighted by Gasteiger charge is -2.29. The number of hydrogen-bond donors (Lipinski definition) is 1. The first kappa shape index (κ1) is 13.3. The molecule has 2 saturated heterocycles. The normalized spacial score (nSPS) is 24.6. The fourth-order valence-electron chi connectivity index (χ4n) is 2.64. The molecule has 2 aliphatic heterocycles. The summed E-state index contributed by atoms with van der Waals surface area (Å²) in [4.78, 5) is 0. The molecule has 100 valence electrons. The van der Waals surface area contributed by atoms with E-state index < -0.39 is 10.2 Å². The Morgan fingerprint density at radius 1 is 1.24 bits per heavy atom. The summed E-state index contributed by atoms with van der Waals surface area (Å²) in [5.41, 5.74) is 0. The molecule has 0 atom stereocenters. The molecule has 0 unspecified atom stereocenters. The van der Waals surface area contributed by atoms with Crippen LogP contribution in [0.1, 0.15) is 25.7 Å². The van der Waals surface area contributed by atoms with Crippen molar-refractivity contribution in [2.75, 3.05) is 39.8 Å². The topological polar surface area (TPSA) is 52.7 Å². The standard InChI is InChI=1S/C11H23N3O2S/c1-13(10-11-4-6-12-7-5-11)17(15,16)14-8-2-3-9-14/h11-12H,2-10H2,1H3. The zero-order chi connectivity index (χ0) is 12.3. The maximum Gasteiger partial charge on any atom is 0.281 e. The molecule has 0 amide bonds. The van der Waals surface area contributed by atoms with Gasteiger partial charge in [-0.15, -0.1) is 0 Å². The monoisotopic (exact) mass is 261 g/mol. The number of nitrogens with zero attached hydrogens (tertiary/aromatic N) is 2. The predicted molar refractivity (Wildman–Crippen MR) is 68.0 cm³/mol. The van der Waals surface area contributed by atoms with Gasteiger partial charge in [-0.1, -0.05) is 0 Å². The van der Waals surface area contributed by atoms with Crippen LogP contribution in [0.25, 0.3) is 0 Å². The van der Waals surface area contributed by atoms with Gasteiger partial charge in [0, 0.05) is 26.7 Å². The van der Waals surface area contributed by atoms with E-state index in [9.17, 15) is 8.42 Å². The van der Waals surface area contributed by atoms with Crippen LogP contribution in [0.2, 0.25) is 0 Å². The van der Waals surface area contributed by atoms with E-state index in [1.807, 2.05) is 0 Å². The largest absolute Gasteiger partial charge is 0.317 e. The van der Waals surface area contributed by atoms with Crippen molar-refractivity contribution in [3.8, 4) is 0 Å². The van der Waals surface area contributed by atoms with Crippen LogP contribution in [0.5, 0.6) is 0 Å². The molecular weight excluding hydrogens is 238 g/mol. The van der Waals surface area contributed by atoms with Crippen molar-refractivity contribution in [3.05, 3.63) is 0 Å². The highest BCUT2D eigenvalue weighted by atomic mass is 32.2. The Labute approximate surface area is 104 Å². The summed E-state index contributed by atoms with van der Waals surface area (Å²) >= 11 is 0. The minimum Gasteiger partial charge on any atom is -0.317 e. The molecule has 17 heavy (non-hydrogen) atoms. The van der Waals surface area contributed by atoms with Gasteiger partial charge in [-0.05, 0) is 44.7 Å². The maximum absolute atomic E-state index is 12.2. The van der Waals surface area contributed by atoms with Crippen LogP contribution in [-0.4, -0.2) is 56.8 Å². The smallest absolute Gasteiger partial charge is 0.281 e. The molecule has 0 saturated carbocycles. The Balaban J connectivity index is 1.91. The second-order valence-corrected chi connectivity index (χ2v) is 7.12. The van der Waals surface area contributed by atoms with E-state index in [1.165, 1.54) is 0 Å². The molecule has 6 heteroatoms. The van der Waals surface area contributed by atoms with Crippen molar-refractivity contribution < 1.29 is 8.42 Å². The van der Waals surface area contributed by atoms with E-state index in [1.54, 1.807) is 15.7 Å². The van der Waals surface area contributed by atoms with Gasteiger partial charge in [-0.3, -0.25) is 0 Å². The zero-order valence-corrected chi connectivity index (χ0v) is 11.4. The lowest BCUT2D eigenvalue weighted by atomic mass is 9.98. The van der Waals surface area contributed by atoms with Crippen LogP contribution < -0.4 is 5.32 Å². The summed E-state index contributed by atoms with van der Waals surface area (Å²) < 4.78 is 27.7. The molecule has 5 nitrogen and oxygen atoms in total. The average Bonchev–Trinajstić information content (AvgIpc) is 2.84.